The molecule has 0 saturated carbocycles. The van der Waals surface area contributed by atoms with E-state index in [4.69, 9.17) is 4.74 Å². The number of rotatable bonds is 7. The van der Waals surface area contributed by atoms with Crippen LogP contribution in [0.25, 0.3) is 21.5 Å². The predicted octanol–water partition coefficient (Wildman–Crippen LogP) is 11.9. The van der Waals surface area contributed by atoms with Gasteiger partial charge in [-0.25, -0.2) is 0 Å². The van der Waals surface area contributed by atoms with Crippen molar-refractivity contribution in [2.24, 2.45) is 0 Å². The molecular formula is C44H37N3O. The molecule has 6 aromatic carbocycles. The highest BCUT2D eigenvalue weighted by Crippen LogP contribution is 2.33. The van der Waals surface area contributed by atoms with E-state index in [1.54, 1.807) is 0 Å². The third-order valence-corrected chi connectivity index (χ3v) is 8.44. The van der Waals surface area contributed by atoms with Crippen LogP contribution in [0.2, 0.25) is 0 Å². The molecule has 7 rings (SSSR count). The summed E-state index contributed by atoms with van der Waals surface area (Å²) in [7, 11) is 0. The van der Waals surface area contributed by atoms with Crippen molar-refractivity contribution in [2.45, 2.75) is 6.92 Å². The van der Waals surface area contributed by atoms with Crippen LogP contribution in [0.5, 0.6) is 11.5 Å². The fraction of sp³-hybridized carbons (Fsp3) is 0.0455. The smallest absolute Gasteiger partial charge is 0.150 e. The van der Waals surface area contributed by atoms with Crippen molar-refractivity contribution in [3.05, 3.63) is 193 Å². The molecule has 4 heteroatoms. The highest BCUT2D eigenvalue weighted by molar-refractivity contribution is 6.08. The lowest BCUT2D eigenvalue weighted by Gasteiger charge is -2.24. The maximum atomic E-state index is 6.17. The third kappa shape index (κ3) is 7.09. The minimum Gasteiger partial charge on any atom is -0.455 e. The normalized spacial score (nSPS) is 15.9. The maximum absolute atomic E-state index is 6.17. The molecule has 6 aromatic rings. The van der Waals surface area contributed by atoms with Gasteiger partial charge in [-0.15, -0.1) is 0 Å². The first-order chi connectivity index (χ1) is 23.6. The van der Waals surface area contributed by atoms with E-state index in [2.05, 4.69) is 132 Å². The average molecular weight is 624 g/mol. The second-order valence-electron chi connectivity index (χ2n) is 11.8. The van der Waals surface area contributed by atoms with E-state index >= 15 is 0 Å². The van der Waals surface area contributed by atoms with E-state index in [1.165, 1.54) is 21.5 Å². The molecule has 0 atom stereocenters. The number of nitrogens with one attached hydrogen (secondary N) is 2. The van der Waals surface area contributed by atoms with Crippen molar-refractivity contribution >= 4 is 44.3 Å². The van der Waals surface area contributed by atoms with E-state index in [9.17, 15) is 0 Å². The largest absolute Gasteiger partial charge is 0.455 e. The number of benzene rings is 6. The van der Waals surface area contributed by atoms with Crippen LogP contribution in [0.15, 0.2) is 193 Å². The van der Waals surface area contributed by atoms with Gasteiger partial charge in [0.25, 0.3) is 0 Å². The lowest BCUT2D eigenvalue weighted by Crippen LogP contribution is -2.22. The van der Waals surface area contributed by atoms with E-state index in [0.29, 0.717) is 6.54 Å². The molecule has 0 aromatic heterocycles. The topological polar surface area (TPSA) is 36.5 Å². The zero-order valence-corrected chi connectivity index (χ0v) is 26.9. The van der Waals surface area contributed by atoms with Gasteiger partial charge in [0, 0.05) is 29.0 Å². The Hall–Kier alpha value is -6.26. The summed E-state index contributed by atoms with van der Waals surface area (Å²) in [6, 6.07) is 45.8. The van der Waals surface area contributed by atoms with E-state index in [1.807, 2.05) is 66.7 Å². The van der Waals surface area contributed by atoms with Gasteiger partial charge in [-0.2, -0.15) is 0 Å². The summed E-state index contributed by atoms with van der Waals surface area (Å²) in [4.78, 5) is 2.24. The van der Waals surface area contributed by atoms with Gasteiger partial charge in [-0.3, -0.25) is 0 Å². The number of hydrogen-bond acceptors (Lipinski definition) is 4. The second-order valence-corrected chi connectivity index (χ2v) is 11.8. The molecule has 0 saturated heterocycles. The molecule has 1 heterocycles. The van der Waals surface area contributed by atoms with Gasteiger partial charge in [0.15, 0.2) is 5.75 Å². The highest BCUT2D eigenvalue weighted by Gasteiger charge is 2.11. The van der Waals surface area contributed by atoms with Gasteiger partial charge in [0.05, 0.1) is 12.2 Å². The summed E-state index contributed by atoms with van der Waals surface area (Å²) in [5.74, 6) is 1.56. The van der Waals surface area contributed by atoms with E-state index in [-0.39, 0.29) is 0 Å². The van der Waals surface area contributed by atoms with Crippen molar-refractivity contribution in [3.63, 3.8) is 0 Å². The molecule has 0 fully saturated rings. The SMILES string of the molecule is C=C1/C=C\C=C/N(c2ccc(Nc3ccccc3Oc3ccccc3)cc2)C/C(Nc2ccc3c(ccc4ccccc43)c2)=C\C=C1C. The fourth-order valence-electron chi connectivity index (χ4n) is 5.78. The monoisotopic (exact) mass is 623 g/mol. The Morgan fingerprint density at radius 2 is 1.38 bits per heavy atom. The van der Waals surface area contributed by atoms with Crippen molar-refractivity contribution < 1.29 is 4.74 Å². The van der Waals surface area contributed by atoms with Gasteiger partial charge in [-0.05, 0) is 112 Å². The number of para-hydroxylation sites is 3. The molecule has 2 N–H and O–H groups in total. The van der Waals surface area contributed by atoms with Crippen LogP contribution in [-0.4, -0.2) is 6.54 Å². The van der Waals surface area contributed by atoms with Crippen LogP contribution in [0.4, 0.5) is 22.7 Å². The van der Waals surface area contributed by atoms with Crippen LogP contribution >= 0.6 is 0 Å². The highest BCUT2D eigenvalue weighted by atomic mass is 16.5. The lowest BCUT2D eigenvalue weighted by atomic mass is 10.0. The molecule has 0 aliphatic carbocycles. The summed E-state index contributed by atoms with van der Waals surface area (Å²) >= 11 is 0. The zero-order valence-electron chi connectivity index (χ0n) is 26.9. The Morgan fingerprint density at radius 3 is 2.25 bits per heavy atom. The van der Waals surface area contributed by atoms with E-state index < -0.39 is 0 Å². The molecule has 0 bridgehead atoms. The minimum absolute atomic E-state index is 0.636. The summed E-state index contributed by atoms with van der Waals surface area (Å²) in [6.45, 7) is 6.98. The predicted molar refractivity (Wildman–Crippen MR) is 204 cm³/mol. The first kappa shape index (κ1) is 30.4. The van der Waals surface area contributed by atoms with Gasteiger partial charge >= 0.3 is 0 Å². The van der Waals surface area contributed by atoms with Crippen molar-refractivity contribution in [2.75, 3.05) is 22.1 Å². The molecule has 0 spiro atoms. The quantitative estimate of drug-likeness (QED) is 0.174. The minimum atomic E-state index is 0.636. The lowest BCUT2D eigenvalue weighted by molar-refractivity contribution is 0.485. The summed E-state index contributed by atoms with van der Waals surface area (Å²) < 4.78 is 6.17. The van der Waals surface area contributed by atoms with Crippen LogP contribution in [-0.2, 0) is 0 Å². The number of fused-ring (bicyclic) bond motifs is 3. The van der Waals surface area contributed by atoms with Crippen LogP contribution in [0.1, 0.15) is 6.92 Å². The summed E-state index contributed by atoms with van der Waals surface area (Å²) in [6.07, 6.45) is 12.5. The van der Waals surface area contributed by atoms with Crippen molar-refractivity contribution in [1.82, 2.24) is 0 Å². The van der Waals surface area contributed by atoms with Crippen LogP contribution in [0.3, 0.4) is 0 Å². The van der Waals surface area contributed by atoms with E-state index in [0.717, 1.165) is 51.1 Å². The molecule has 4 nitrogen and oxygen atoms in total. The van der Waals surface area contributed by atoms with Crippen molar-refractivity contribution in [3.8, 4) is 11.5 Å². The molecular weight excluding hydrogens is 587 g/mol. The molecule has 1 aliphatic rings. The molecule has 234 valence electrons. The number of ether oxygens (including phenoxy) is 1. The second kappa shape index (κ2) is 14.0. The Labute approximate surface area is 282 Å². The number of anilines is 4. The molecule has 48 heavy (non-hydrogen) atoms. The molecule has 1 aliphatic heterocycles. The Kier molecular flexibility index (Phi) is 8.88. The molecule has 0 radical (unpaired) electrons. The van der Waals surface area contributed by atoms with Gasteiger partial charge < -0.3 is 20.3 Å². The summed E-state index contributed by atoms with van der Waals surface area (Å²) in [5.41, 5.74) is 7.13. The Bertz CT molecular complexity index is 2210. The Morgan fingerprint density at radius 1 is 0.646 bits per heavy atom. The first-order valence-corrected chi connectivity index (χ1v) is 16.1. The molecule has 0 unspecified atom stereocenters. The Balaban J connectivity index is 1.14. The number of allylic oxidation sites excluding steroid dienone is 7. The van der Waals surface area contributed by atoms with Gasteiger partial charge in [0.2, 0.25) is 0 Å². The molecule has 0 amide bonds. The van der Waals surface area contributed by atoms with Gasteiger partial charge in [0.1, 0.15) is 5.75 Å². The average Bonchev–Trinajstić information content (AvgIpc) is 3.15. The summed E-state index contributed by atoms with van der Waals surface area (Å²) in [5, 5.41) is 12.2. The third-order valence-electron chi connectivity index (χ3n) is 8.44. The zero-order chi connectivity index (χ0) is 32.7. The van der Waals surface area contributed by atoms with Crippen LogP contribution < -0.4 is 20.3 Å². The first-order valence-electron chi connectivity index (χ1n) is 16.1. The van der Waals surface area contributed by atoms with Gasteiger partial charge in [-0.1, -0.05) is 97.6 Å². The number of hydrogen-bond donors (Lipinski definition) is 2. The standard InChI is InChI=1S/C44H37N3O/c1-32-12-10-11-29-47(39-26-23-36(24-27-39)46-43-17-8-9-18-44(43)48-40-14-4-3-5-15-40)31-38(22-19-33(32)2)45-37-25-28-42-35(30-37)21-20-34-13-6-7-16-41(34)42/h3-30,45-46H,1,31H2,2H3/b12-10-,29-11-,33-19?,38-22+. The van der Waals surface area contributed by atoms with Crippen molar-refractivity contribution in [1.29, 1.82) is 0 Å². The fourth-order valence-corrected chi connectivity index (χ4v) is 5.78. The number of nitrogens with zero attached hydrogens (tertiary/aromatic N) is 1. The maximum Gasteiger partial charge on any atom is 0.150 e. The van der Waals surface area contributed by atoms with Crippen LogP contribution in [0, 0.1) is 0 Å².